The lowest BCUT2D eigenvalue weighted by atomic mass is 10.2. The molecule has 1 aromatic heterocycles. The van der Waals surface area contributed by atoms with Crippen LogP contribution in [0.15, 0.2) is 51.4 Å². The summed E-state index contributed by atoms with van der Waals surface area (Å²) in [5, 5.41) is -0.179. The van der Waals surface area contributed by atoms with Gasteiger partial charge in [0.25, 0.3) is 0 Å². The summed E-state index contributed by atoms with van der Waals surface area (Å²) in [6.07, 6.45) is 0. The highest BCUT2D eigenvalue weighted by Gasteiger charge is 2.19. The minimum atomic E-state index is -0.179. The Morgan fingerprint density at radius 3 is 2.35 bits per heavy atom. The van der Waals surface area contributed by atoms with Crippen LogP contribution >= 0.6 is 43.5 Å². The van der Waals surface area contributed by atoms with Crippen LogP contribution in [0.2, 0.25) is 0 Å². The van der Waals surface area contributed by atoms with E-state index in [9.17, 15) is 0 Å². The molecule has 5 heteroatoms. The number of alkyl halides is 1. The quantitative estimate of drug-likeness (QED) is 0.481. The summed E-state index contributed by atoms with van der Waals surface area (Å²) in [5.41, 5.74) is 3.00. The number of aromatic nitrogens is 2. The molecule has 3 rings (SSSR count). The summed E-state index contributed by atoms with van der Waals surface area (Å²) in [7, 11) is 0. The van der Waals surface area contributed by atoms with Crippen molar-refractivity contribution in [3.8, 4) is 5.69 Å². The molecule has 2 nitrogen and oxygen atoms in total. The third-order valence-corrected chi connectivity index (χ3v) is 4.58. The van der Waals surface area contributed by atoms with Gasteiger partial charge in [0.05, 0.1) is 22.1 Å². The number of para-hydroxylation sites is 3. The number of hydrogen-bond donors (Lipinski definition) is 0. The van der Waals surface area contributed by atoms with Gasteiger partial charge in [0.15, 0.2) is 0 Å². The van der Waals surface area contributed by atoms with E-state index in [0.717, 1.165) is 31.5 Å². The maximum absolute atomic E-state index is 6.32. The molecule has 0 aliphatic heterocycles. The molecule has 0 aliphatic carbocycles. The molecule has 1 heterocycles. The number of hydrogen-bond acceptors (Lipinski definition) is 1. The van der Waals surface area contributed by atoms with E-state index in [-0.39, 0.29) is 5.38 Å². The number of benzene rings is 2. The zero-order valence-electron chi connectivity index (χ0n) is 10.6. The van der Waals surface area contributed by atoms with Gasteiger partial charge in [-0.3, -0.25) is 4.57 Å². The Morgan fingerprint density at radius 2 is 1.70 bits per heavy atom. The normalized spacial score (nSPS) is 12.8. The van der Waals surface area contributed by atoms with E-state index in [2.05, 4.69) is 47.5 Å². The molecule has 2 aromatic carbocycles. The van der Waals surface area contributed by atoms with Gasteiger partial charge in [0.2, 0.25) is 0 Å². The second-order valence-corrected chi connectivity index (χ2v) is 6.84. The Balaban J connectivity index is 2.43. The molecule has 102 valence electrons. The lowest BCUT2D eigenvalue weighted by molar-refractivity contribution is 0.878. The molecule has 20 heavy (non-hydrogen) atoms. The SMILES string of the molecule is CC(Cl)c1nc2ccccc2n1-c1c(Br)cccc1Br. The van der Waals surface area contributed by atoms with Gasteiger partial charge in [-0.15, -0.1) is 11.6 Å². The van der Waals surface area contributed by atoms with Crippen LogP contribution in [0.1, 0.15) is 18.1 Å². The molecule has 0 amide bonds. The topological polar surface area (TPSA) is 17.8 Å². The molecular formula is C15H11Br2ClN2. The van der Waals surface area contributed by atoms with E-state index < -0.39 is 0 Å². The first kappa shape index (κ1) is 14.1. The van der Waals surface area contributed by atoms with E-state index in [1.54, 1.807) is 0 Å². The molecule has 1 unspecified atom stereocenters. The Morgan fingerprint density at radius 1 is 1.05 bits per heavy atom. The van der Waals surface area contributed by atoms with Gasteiger partial charge in [-0.2, -0.15) is 0 Å². The largest absolute Gasteiger partial charge is 0.293 e. The average molecular weight is 415 g/mol. The molecule has 0 spiro atoms. The van der Waals surface area contributed by atoms with Crippen molar-refractivity contribution in [3.05, 3.63) is 57.2 Å². The van der Waals surface area contributed by atoms with Gasteiger partial charge in [0.1, 0.15) is 5.82 Å². The van der Waals surface area contributed by atoms with E-state index in [4.69, 9.17) is 11.6 Å². The number of rotatable bonds is 2. The molecule has 0 saturated carbocycles. The second-order valence-electron chi connectivity index (χ2n) is 4.48. The third-order valence-electron chi connectivity index (χ3n) is 3.10. The van der Waals surface area contributed by atoms with Gasteiger partial charge < -0.3 is 0 Å². The summed E-state index contributed by atoms with van der Waals surface area (Å²) in [4.78, 5) is 4.66. The Hall–Kier alpha value is -0.840. The molecule has 1 atom stereocenters. The molecular weight excluding hydrogens is 403 g/mol. The maximum atomic E-state index is 6.32. The first-order valence-electron chi connectivity index (χ1n) is 6.15. The van der Waals surface area contributed by atoms with Crippen LogP contribution in [-0.2, 0) is 0 Å². The minimum absolute atomic E-state index is 0.179. The van der Waals surface area contributed by atoms with E-state index in [0.29, 0.717) is 0 Å². The molecule has 0 bridgehead atoms. The molecule has 3 aromatic rings. The van der Waals surface area contributed by atoms with Crippen molar-refractivity contribution in [1.82, 2.24) is 9.55 Å². The standard InChI is InChI=1S/C15H11Br2ClN2/c1-9(18)15-19-12-7-2-3-8-13(12)20(15)14-10(16)5-4-6-11(14)17/h2-9H,1H3. The van der Waals surface area contributed by atoms with Crippen molar-refractivity contribution in [2.24, 2.45) is 0 Å². The fourth-order valence-corrected chi connectivity index (χ4v) is 3.75. The highest BCUT2D eigenvalue weighted by molar-refractivity contribution is 9.11. The number of fused-ring (bicyclic) bond motifs is 1. The van der Waals surface area contributed by atoms with Crippen molar-refractivity contribution >= 4 is 54.5 Å². The highest BCUT2D eigenvalue weighted by atomic mass is 79.9. The zero-order valence-corrected chi connectivity index (χ0v) is 14.6. The van der Waals surface area contributed by atoms with Crippen molar-refractivity contribution in [2.45, 2.75) is 12.3 Å². The predicted octanol–water partition coefficient (Wildman–Crippen LogP) is 5.85. The van der Waals surface area contributed by atoms with Crippen LogP contribution < -0.4 is 0 Å². The molecule has 0 N–H and O–H groups in total. The summed E-state index contributed by atoms with van der Waals surface area (Å²) in [6, 6.07) is 14.1. The average Bonchev–Trinajstić information content (AvgIpc) is 2.78. The summed E-state index contributed by atoms with van der Waals surface area (Å²) in [5.74, 6) is 0.834. The number of imidazole rings is 1. The zero-order chi connectivity index (χ0) is 14.3. The molecule has 0 fully saturated rings. The number of halogens is 3. The lowest BCUT2D eigenvalue weighted by Gasteiger charge is -2.14. The summed E-state index contributed by atoms with van der Waals surface area (Å²) < 4.78 is 4.09. The summed E-state index contributed by atoms with van der Waals surface area (Å²) in [6.45, 7) is 1.93. The summed E-state index contributed by atoms with van der Waals surface area (Å²) >= 11 is 13.6. The molecule has 0 radical (unpaired) electrons. The Labute approximate surface area is 139 Å². The Kier molecular flexibility index (Phi) is 3.89. The number of nitrogens with zero attached hydrogens (tertiary/aromatic N) is 2. The fraction of sp³-hybridized carbons (Fsp3) is 0.133. The van der Waals surface area contributed by atoms with Crippen molar-refractivity contribution in [1.29, 1.82) is 0 Å². The lowest BCUT2D eigenvalue weighted by Crippen LogP contribution is -2.03. The van der Waals surface area contributed by atoms with Gasteiger partial charge in [0, 0.05) is 8.95 Å². The van der Waals surface area contributed by atoms with Gasteiger partial charge in [-0.25, -0.2) is 4.98 Å². The van der Waals surface area contributed by atoms with Crippen molar-refractivity contribution < 1.29 is 0 Å². The van der Waals surface area contributed by atoms with Crippen LogP contribution in [0, 0.1) is 0 Å². The van der Waals surface area contributed by atoms with E-state index >= 15 is 0 Å². The third kappa shape index (κ3) is 2.30. The first-order valence-corrected chi connectivity index (χ1v) is 8.17. The maximum Gasteiger partial charge on any atom is 0.132 e. The molecule has 0 aliphatic rings. The Bertz CT molecular complexity index is 760. The second kappa shape index (κ2) is 5.51. The van der Waals surface area contributed by atoms with Crippen molar-refractivity contribution in [3.63, 3.8) is 0 Å². The molecule has 0 saturated heterocycles. The van der Waals surface area contributed by atoms with E-state index in [1.165, 1.54) is 0 Å². The highest BCUT2D eigenvalue weighted by Crippen LogP contribution is 2.35. The van der Waals surface area contributed by atoms with Gasteiger partial charge >= 0.3 is 0 Å². The van der Waals surface area contributed by atoms with Gasteiger partial charge in [-0.1, -0.05) is 18.2 Å². The van der Waals surface area contributed by atoms with Crippen LogP contribution in [-0.4, -0.2) is 9.55 Å². The van der Waals surface area contributed by atoms with Crippen LogP contribution in [0.3, 0.4) is 0 Å². The van der Waals surface area contributed by atoms with Crippen LogP contribution in [0.5, 0.6) is 0 Å². The van der Waals surface area contributed by atoms with Crippen LogP contribution in [0.4, 0.5) is 0 Å². The fourth-order valence-electron chi connectivity index (χ4n) is 2.25. The van der Waals surface area contributed by atoms with Gasteiger partial charge in [-0.05, 0) is 63.0 Å². The first-order chi connectivity index (χ1) is 9.59. The van der Waals surface area contributed by atoms with Crippen LogP contribution in [0.25, 0.3) is 16.7 Å². The van der Waals surface area contributed by atoms with E-state index in [1.807, 2.05) is 43.3 Å². The predicted molar refractivity (Wildman–Crippen MR) is 90.7 cm³/mol. The van der Waals surface area contributed by atoms with Crippen molar-refractivity contribution in [2.75, 3.05) is 0 Å². The smallest absolute Gasteiger partial charge is 0.132 e. The minimum Gasteiger partial charge on any atom is -0.293 e. The monoisotopic (exact) mass is 412 g/mol.